The molecule has 20 heavy (non-hydrogen) atoms. The lowest BCUT2D eigenvalue weighted by molar-refractivity contribution is -0.147. The van der Waals surface area contributed by atoms with Crippen molar-refractivity contribution in [2.45, 2.75) is 19.1 Å². The van der Waals surface area contributed by atoms with Crippen molar-refractivity contribution in [3.05, 3.63) is 35.6 Å². The molecule has 1 aromatic rings. The maximum Gasteiger partial charge on any atom is 0.334 e. The first-order valence-electron chi connectivity index (χ1n) is 6.00. The van der Waals surface area contributed by atoms with E-state index in [4.69, 9.17) is 5.11 Å². The summed E-state index contributed by atoms with van der Waals surface area (Å²) in [7, 11) is 1.24. The van der Waals surface area contributed by atoms with Crippen molar-refractivity contribution in [1.29, 1.82) is 0 Å². The molecule has 0 spiro atoms. The van der Waals surface area contributed by atoms with Crippen molar-refractivity contribution < 1.29 is 23.8 Å². The summed E-state index contributed by atoms with van der Waals surface area (Å²) in [5.41, 5.74) is 0.351. The molecule has 0 fully saturated rings. The lowest BCUT2D eigenvalue weighted by atomic mass is 10.1. The maximum atomic E-state index is 13.5. The average Bonchev–Trinajstić information content (AvgIpc) is 2.39. The third-order valence-electron chi connectivity index (χ3n) is 2.73. The molecule has 7 heteroatoms. The van der Waals surface area contributed by atoms with Crippen molar-refractivity contribution in [2.75, 3.05) is 13.7 Å². The largest absolute Gasteiger partial charge is 0.479 e. The van der Waals surface area contributed by atoms with Crippen LogP contribution in [0.2, 0.25) is 0 Å². The number of carboxylic acid groups (broad SMARTS) is 1. The maximum absolute atomic E-state index is 13.5. The van der Waals surface area contributed by atoms with Crippen molar-refractivity contribution in [2.24, 2.45) is 0 Å². The third-order valence-corrected chi connectivity index (χ3v) is 2.73. The van der Waals surface area contributed by atoms with E-state index < -0.39 is 30.0 Å². The van der Waals surface area contributed by atoms with Gasteiger partial charge in [-0.05, 0) is 13.0 Å². The quantitative estimate of drug-likeness (QED) is 0.734. The lowest BCUT2D eigenvalue weighted by Gasteiger charge is -2.17. The van der Waals surface area contributed by atoms with E-state index in [2.05, 4.69) is 15.4 Å². The number of halogens is 1. The Morgan fingerprint density at radius 1 is 1.40 bits per heavy atom. The molecule has 0 heterocycles. The summed E-state index contributed by atoms with van der Waals surface area (Å²) in [6.07, 6.45) is -1.12. The van der Waals surface area contributed by atoms with Crippen LogP contribution in [0.3, 0.4) is 0 Å². The monoisotopic (exact) mass is 284 g/mol. The molecule has 0 radical (unpaired) electrons. The second-order valence-corrected chi connectivity index (χ2v) is 4.16. The van der Waals surface area contributed by atoms with Crippen LogP contribution in [-0.2, 0) is 9.53 Å². The molecule has 3 N–H and O–H groups in total. The minimum atomic E-state index is -1.17. The highest BCUT2D eigenvalue weighted by atomic mass is 19.1. The number of rotatable bonds is 6. The molecule has 1 aromatic carbocycles. The van der Waals surface area contributed by atoms with Gasteiger partial charge in [-0.3, -0.25) is 0 Å². The van der Waals surface area contributed by atoms with Gasteiger partial charge in [0.1, 0.15) is 5.82 Å². The Bertz CT molecular complexity index is 481. The zero-order valence-corrected chi connectivity index (χ0v) is 11.2. The van der Waals surface area contributed by atoms with E-state index in [9.17, 15) is 14.0 Å². The summed E-state index contributed by atoms with van der Waals surface area (Å²) < 4.78 is 18.2. The molecule has 0 saturated heterocycles. The smallest absolute Gasteiger partial charge is 0.334 e. The van der Waals surface area contributed by atoms with Crippen molar-refractivity contribution in [1.82, 2.24) is 10.6 Å². The summed E-state index contributed by atoms with van der Waals surface area (Å²) in [6, 6.07) is 4.96. The molecule has 2 amide bonds. The number of urea groups is 1. The van der Waals surface area contributed by atoms with Crippen LogP contribution in [0, 0.1) is 5.82 Å². The zero-order chi connectivity index (χ0) is 15.1. The van der Waals surface area contributed by atoms with Gasteiger partial charge in [0, 0.05) is 12.7 Å². The van der Waals surface area contributed by atoms with Gasteiger partial charge in [-0.15, -0.1) is 0 Å². The molecule has 0 aliphatic carbocycles. The summed E-state index contributed by atoms with van der Waals surface area (Å²) in [4.78, 5) is 22.3. The molecule has 2 atom stereocenters. The van der Waals surface area contributed by atoms with Gasteiger partial charge in [0.05, 0.1) is 12.6 Å². The first kappa shape index (κ1) is 15.9. The minimum Gasteiger partial charge on any atom is -0.479 e. The number of ether oxygens (including phenoxy) is 1. The summed E-state index contributed by atoms with van der Waals surface area (Å²) in [6.45, 7) is 1.45. The number of amides is 2. The predicted octanol–water partition coefficient (Wildman–Crippen LogP) is 1.29. The fourth-order valence-electron chi connectivity index (χ4n) is 1.61. The van der Waals surface area contributed by atoms with Crippen LogP contribution in [0.5, 0.6) is 0 Å². The van der Waals surface area contributed by atoms with E-state index in [-0.39, 0.29) is 6.54 Å². The zero-order valence-electron chi connectivity index (χ0n) is 11.2. The van der Waals surface area contributed by atoms with Crippen molar-refractivity contribution >= 4 is 12.0 Å². The van der Waals surface area contributed by atoms with Crippen LogP contribution in [0.1, 0.15) is 18.5 Å². The van der Waals surface area contributed by atoms with E-state index in [0.29, 0.717) is 5.56 Å². The third kappa shape index (κ3) is 4.51. The molecule has 1 rings (SSSR count). The Morgan fingerprint density at radius 3 is 2.60 bits per heavy atom. The number of carbonyl (C=O) groups is 2. The molecule has 0 bridgehead atoms. The number of aliphatic carboxylic acids is 1. The fourth-order valence-corrected chi connectivity index (χ4v) is 1.61. The van der Waals surface area contributed by atoms with Gasteiger partial charge in [-0.2, -0.15) is 0 Å². The first-order chi connectivity index (χ1) is 9.45. The molecule has 0 aliphatic rings. The van der Waals surface area contributed by atoms with E-state index in [1.165, 1.54) is 13.2 Å². The highest BCUT2D eigenvalue weighted by Crippen LogP contribution is 2.15. The molecule has 2 unspecified atom stereocenters. The topological polar surface area (TPSA) is 87.7 Å². The Morgan fingerprint density at radius 2 is 2.05 bits per heavy atom. The number of nitrogens with one attached hydrogen (secondary N) is 2. The van der Waals surface area contributed by atoms with E-state index in [1.54, 1.807) is 25.1 Å². The molecular weight excluding hydrogens is 267 g/mol. The van der Waals surface area contributed by atoms with Crippen LogP contribution >= 0.6 is 0 Å². The van der Waals surface area contributed by atoms with Crippen LogP contribution in [0.15, 0.2) is 24.3 Å². The molecule has 6 nitrogen and oxygen atoms in total. The van der Waals surface area contributed by atoms with Crippen LogP contribution in [0.25, 0.3) is 0 Å². The Balaban J connectivity index is 2.50. The number of methoxy groups -OCH3 is 1. The second-order valence-electron chi connectivity index (χ2n) is 4.16. The van der Waals surface area contributed by atoms with Gasteiger partial charge < -0.3 is 20.5 Å². The Labute approximate surface area is 115 Å². The highest BCUT2D eigenvalue weighted by Gasteiger charge is 2.18. The van der Waals surface area contributed by atoms with Crippen LogP contribution in [-0.4, -0.2) is 36.9 Å². The van der Waals surface area contributed by atoms with Gasteiger partial charge in [0.25, 0.3) is 0 Å². The predicted molar refractivity (Wildman–Crippen MR) is 69.8 cm³/mol. The minimum absolute atomic E-state index is 0.179. The Kier molecular flexibility index (Phi) is 5.92. The standard InChI is InChI=1S/C13H17FN2O4/c1-8(9-5-3-4-6-10(9)14)16-13(19)15-7-11(20-2)12(17)18/h3-6,8,11H,7H2,1-2H3,(H,17,18)(H2,15,16,19). The number of benzene rings is 1. The first-order valence-corrected chi connectivity index (χ1v) is 6.00. The lowest BCUT2D eigenvalue weighted by Crippen LogP contribution is -2.43. The van der Waals surface area contributed by atoms with Crippen molar-refractivity contribution in [3.63, 3.8) is 0 Å². The number of carboxylic acids is 1. The highest BCUT2D eigenvalue weighted by molar-refractivity contribution is 5.77. The summed E-state index contributed by atoms with van der Waals surface area (Å²) in [5, 5.41) is 13.6. The Hall–Kier alpha value is -2.15. The second kappa shape index (κ2) is 7.44. The van der Waals surface area contributed by atoms with Gasteiger partial charge >= 0.3 is 12.0 Å². The van der Waals surface area contributed by atoms with Gasteiger partial charge in [0.2, 0.25) is 0 Å². The van der Waals surface area contributed by atoms with Crippen LogP contribution in [0.4, 0.5) is 9.18 Å². The van der Waals surface area contributed by atoms with E-state index in [0.717, 1.165) is 0 Å². The van der Waals surface area contributed by atoms with Gasteiger partial charge in [-0.25, -0.2) is 14.0 Å². The number of carbonyl (C=O) groups excluding carboxylic acids is 1. The van der Waals surface area contributed by atoms with Gasteiger partial charge in [0.15, 0.2) is 6.10 Å². The molecule has 0 saturated carbocycles. The normalized spacial score (nSPS) is 13.3. The molecule has 0 aromatic heterocycles. The molecule has 110 valence electrons. The van der Waals surface area contributed by atoms with Crippen LogP contribution < -0.4 is 10.6 Å². The van der Waals surface area contributed by atoms with E-state index in [1.807, 2.05) is 0 Å². The average molecular weight is 284 g/mol. The van der Waals surface area contributed by atoms with Crippen molar-refractivity contribution in [3.8, 4) is 0 Å². The molecule has 0 aliphatic heterocycles. The fraction of sp³-hybridized carbons (Fsp3) is 0.385. The van der Waals surface area contributed by atoms with E-state index >= 15 is 0 Å². The summed E-state index contributed by atoms with van der Waals surface area (Å²) >= 11 is 0. The molecular formula is C13H17FN2O4. The number of hydrogen-bond acceptors (Lipinski definition) is 3. The van der Waals surface area contributed by atoms with Gasteiger partial charge in [-0.1, -0.05) is 18.2 Å². The SMILES string of the molecule is COC(CNC(=O)NC(C)c1ccccc1F)C(=O)O. The number of hydrogen-bond donors (Lipinski definition) is 3. The summed E-state index contributed by atoms with van der Waals surface area (Å²) in [5.74, 6) is -1.59.